The minimum Gasteiger partial charge on any atom is -0.369 e. The fourth-order valence-corrected chi connectivity index (χ4v) is 7.04. The van der Waals surface area contributed by atoms with Crippen LogP contribution in [-0.2, 0) is 27.3 Å². The van der Waals surface area contributed by atoms with Gasteiger partial charge in [-0.3, -0.25) is 14.5 Å². The first-order chi connectivity index (χ1) is 16.9. The van der Waals surface area contributed by atoms with Crippen molar-refractivity contribution < 1.29 is 14.3 Å². The molecular weight excluding hydrogens is 484 g/mol. The van der Waals surface area contributed by atoms with E-state index in [9.17, 15) is 9.59 Å². The molecule has 4 fully saturated rings. The maximum atomic E-state index is 12.5. The van der Waals surface area contributed by atoms with E-state index in [1.54, 1.807) is 17.7 Å². The number of nitrogens with zero attached hydrogens (tertiary/aromatic N) is 3. The van der Waals surface area contributed by atoms with Gasteiger partial charge in [0.2, 0.25) is 11.8 Å². The summed E-state index contributed by atoms with van der Waals surface area (Å²) in [4.78, 5) is 36.5. The molecule has 9 heteroatoms. The Morgan fingerprint density at radius 3 is 2.77 bits per heavy atom. The number of carbonyl (C=O) groups excluding carboxylic acids is 2. The van der Waals surface area contributed by atoms with Crippen LogP contribution in [0.1, 0.15) is 35.3 Å². The predicted molar refractivity (Wildman–Crippen MR) is 133 cm³/mol. The summed E-state index contributed by atoms with van der Waals surface area (Å²) < 4.78 is 7.41. The quantitative estimate of drug-likeness (QED) is 0.526. The highest BCUT2D eigenvalue weighted by molar-refractivity contribution is 7.19. The highest BCUT2D eigenvalue weighted by Gasteiger charge is 2.58. The number of imide groups is 1. The van der Waals surface area contributed by atoms with Gasteiger partial charge in [-0.1, -0.05) is 11.6 Å². The molecule has 7 nitrogen and oxygen atoms in total. The zero-order valence-corrected chi connectivity index (χ0v) is 20.9. The molecule has 1 spiro atoms. The molecule has 7 rings (SSSR count). The third-order valence-corrected chi connectivity index (χ3v) is 9.14. The molecule has 35 heavy (non-hydrogen) atoms. The van der Waals surface area contributed by atoms with E-state index in [1.165, 1.54) is 10.5 Å². The maximum Gasteiger partial charge on any atom is 0.233 e. The van der Waals surface area contributed by atoms with Gasteiger partial charge in [-0.15, -0.1) is 11.3 Å². The second kappa shape index (κ2) is 7.80. The van der Waals surface area contributed by atoms with Crippen molar-refractivity contribution in [2.24, 2.45) is 11.8 Å². The molecule has 3 unspecified atom stereocenters. The molecule has 1 aromatic carbocycles. The number of morpholine rings is 1. The number of likely N-dealkylation sites (tertiary alicyclic amines) is 1. The molecule has 0 radical (unpaired) electrons. The topological polar surface area (TPSA) is 84.4 Å². The number of piperidine rings is 1. The first kappa shape index (κ1) is 21.9. The minimum atomic E-state index is -0.0875. The number of aryl methyl sites for hydroxylation is 1. The summed E-state index contributed by atoms with van der Waals surface area (Å²) in [7, 11) is 0. The number of ether oxygens (including phenoxy) is 1. The Balaban J connectivity index is 1.25. The van der Waals surface area contributed by atoms with Gasteiger partial charge in [0.25, 0.3) is 0 Å². The highest BCUT2D eigenvalue weighted by atomic mass is 35.5. The summed E-state index contributed by atoms with van der Waals surface area (Å²) in [5.74, 6) is -0.247. The zero-order chi connectivity index (χ0) is 23.9. The van der Waals surface area contributed by atoms with Crippen LogP contribution in [0.5, 0.6) is 0 Å². The lowest BCUT2D eigenvalue weighted by molar-refractivity contribution is -0.141. The SMILES string of the molecule is Cc1cc(Cl)cc(-c2ncnc3cc(CN4C(=O)C5CC5C4=O)sc23)c1CC1CNCC2(CC2)O1. The normalized spacial score (nSPS) is 26.6. The summed E-state index contributed by atoms with van der Waals surface area (Å²) in [5, 5.41) is 4.21. The van der Waals surface area contributed by atoms with Crippen molar-refractivity contribution in [3.8, 4) is 11.3 Å². The lowest BCUT2D eigenvalue weighted by Gasteiger charge is -2.32. The molecule has 2 aromatic heterocycles. The van der Waals surface area contributed by atoms with Gasteiger partial charge in [-0.2, -0.15) is 0 Å². The van der Waals surface area contributed by atoms with Gasteiger partial charge in [0.05, 0.1) is 46.0 Å². The van der Waals surface area contributed by atoms with Gasteiger partial charge in [0.1, 0.15) is 6.33 Å². The number of benzene rings is 1. The molecule has 2 saturated heterocycles. The van der Waals surface area contributed by atoms with Crippen molar-refractivity contribution in [2.45, 2.75) is 50.9 Å². The summed E-state index contributed by atoms with van der Waals surface area (Å²) in [6, 6.07) is 5.95. The average Bonchev–Trinajstić information content (AvgIpc) is 3.73. The Morgan fingerprint density at radius 1 is 1.20 bits per heavy atom. The van der Waals surface area contributed by atoms with Crippen LogP contribution in [0.4, 0.5) is 0 Å². The zero-order valence-electron chi connectivity index (χ0n) is 19.3. The van der Waals surface area contributed by atoms with Crippen molar-refractivity contribution in [1.29, 1.82) is 0 Å². The van der Waals surface area contributed by atoms with Gasteiger partial charge >= 0.3 is 0 Å². The van der Waals surface area contributed by atoms with E-state index in [0.29, 0.717) is 18.0 Å². The first-order valence-corrected chi connectivity index (χ1v) is 13.4. The lowest BCUT2D eigenvalue weighted by atomic mass is 9.93. The second-order valence-electron chi connectivity index (χ2n) is 10.4. The number of aromatic nitrogens is 2. The van der Waals surface area contributed by atoms with Gasteiger partial charge in [-0.05, 0) is 55.5 Å². The fraction of sp³-hybridized carbons (Fsp3) is 0.462. The molecule has 3 atom stereocenters. The number of halogens is 1. The summed E-state index contributed by atoms with van der Waals surface area (Å²) >= 11 is 8.07. The maximum absolute atomic E-state index is 12.5. The van der Waals surface area contributed by atoms with Crippen molar-refractivity contribution in [3.05, 3.63) is 45.6 Å². The molecule has 0 bridgehead atoms. The minimum absolute atomic E-state index is 0.0271. The third-order valence-electron chi connectivity index (χ3n) is 7.80. The molecule has 1 N–H and O–H groups in total. The molecule has 2 saturated carbocycles. The van der Waals surface area contributed by atoms with Crippen LogP contribution in [-0.4, -0.2) is 51.5 Å². The van der Waals surface area contributed by atoms with E-state index in [-0.39, 0.29) is 35.4 Å². The number of rotatable bonds is 5. The van der Waals surface area contributed by atoms with Crippen LogP contribution in [0.2, 0.25) is 5.02 Å². The summed E-state index contributed by atoms with van der Waals surface area (Å²) in [6.07, 6.45) is 5.41. The van der Waals surface area contributed by atoms with Crippen LogP contribution in [0.15, 0.2) is 24.5 Å². The third kappa shape index (κ3) is 3.69. The molecule has 2 aliphatic heterocycles. The van der Waals surface area contributed by atoms with Gasteiger partial charge in [0, 0.05) is 35.0 Å². The number of nitrogens with one attached hydrogen (secondary N) is 1. The second-order valence-corrected chi connectivity index (χ2v) is 11.9. The van der Waals surface area contributed by atoms with E-state index in [0.717, 1.165) is 64.3 Å². The fourth-order valence-electron chi connectivity index (χ4n) is 5.66. The molecule has 3 aromatic rings. The van der Waals surface area contributed by atoms with Gasteiger partial charge < -0.3 is 10.1 Å². The Labute approximate surface area is 211 Å². The molecule has 180 valence electrons. The standard InChI is InChI=1S/C26H25ClN4O3S/c1-13-4-14(27)5-18(17(13)6-15-9-28-11-26(34-15)2-3-26)22-23-21(29-12-30-22)7-16(35-23)10-31-24(32)19-8-20(19)25(31)33/h4-5,7,12,15,19-20,28H,2-3,6,8-11H2,1H3. The summed E-state index contributed by atoms with van der Waals surface area (Å²) in [6.45, 7) is 4.15. The Kier molecular flexibility index (Phi) is 4.87. The van der Waals surface area contributed by atoms with Crippen molar-refractivity contribution in [3.63, 3.8) is 0 Å². The number of carbonyl (C=O) groups is 2. The van der Waals surface area contributed by atoms with Crippen LogP contribution >= 0.6 is 22.9 Å². The van der Waals surface area contributed by atoms with Crippen LogP contribution in [0, 0.1) is 18.8 Å². The number of fused-ring (bicyclic) bond motifs is 2. The van der Waals surface area contributed by atoms with Crippen molar-refractivity contribution in [1.82, 2.24) is 20.2 Å². The number of thiophene rings is 1. The van der Waals surface area contributed by atoms with Crippen LogP contribution in [0.3, 0.4) is 0 Å². The van der Waals surface area contributed by atoms with E-state index in [4.69, 9.17) is 16.3 Å². The summed E-state index contributed by atoms with van der Waals surface area (Å²) in [5.41, 5.74) is 4.96. The Bertz CT molecular complexity index is 1380. The van der Waals surface area contributed by atoms with E-state index < -0.39 is 0 Å². The van der Waals surface area contributed by atoms with E-state index in [1.807, 2.05) is 18.2 Å². The van der Waals surface area contributed by atoms with Gasteiger partial charge in [0.15, 0.2) is 0 Å². The Hall–Kier alpha value is -2.39. The molecule has 4 aliphatic rings. The highest BCUT2D eigenvalue weighted by Crippen LogP contribution is 2.48. The van der Waals surface area contributed by atoms with E-state index in [2.05, 4.69) is 22.2 Å². The molecule has 2 aliphatic carbocycles. The van der Waals surface area contributed by atoms with Crippen molar-refractivity contribution in [2.75, 3.05) is 13.1 Å². The van der Waals surface area contributed by atoms with Crippen LogP contribution < -0.4 is 5.32 Å². The van der Waals surface area contributed by atoms with Crippen LogP contribution in [0.25, 0.3) is 21.5 Å². The molecule has 2 amide bonds. The predicted octanol–water partition coefficient (Wildman–Crippen LogP) is 3.89. The smallest absolute Gasteiger partial charge is 0.233 e. The van der Waals surface area contributed by atoms with Crippen molar-refractivity contribution >= 4 is 45.0 Å². The largest absolute Gasteiger partial charge is 0.369 e. The molecular formula is C26H25ClN4O3S. The number of hydrogen-bond acceptors (Lipinski definition) is 7. The number of hydrogen-bond donors (Lipinski definition) is 1. The van der Waals surface area contributed by atoms with Gasteiger partial charge in [-0.25, -0.2) is 9.97 Å². The molecule has 4 heterocycles. The number of amides is 2. The first-order valence-electron chi connectivity index (χ1n) is 12.2. The monoisotopic (exact) mass is 508 g/mol. The average molecular weight is 509 g/mol. The lowest BCUT2D eigenvalue weighted by Crippen LogP contribution is -2.47. The Morgan fingerprint density at radius 2 is 2.00 bits per heavy atom. The van der Waals surface area contributed by atoms with E-state index >= 15 is 0 Å².